The standard InChI is InChI=1S/C11H14FN3O2/c1-7(16)14-10-6-8(2-3-9(10)12)15-11(17)4-5-13/h2-3,6H,4-5,13H2,1H3,(H,14,16)(H,15,17). The Bertz CT molecular complexity index is 435. The van der Waals surface area contributed by atoms with Crippen molar-refractivity contribution in [1.29, 1.82) is 0 Å². The first-order valence-corrected chi connectivity index (χ1v) is 5.10. The molecule has 92 valence electrons. The second-order valence-electron chi connectivity index (χ2n) is 3.46. The number of hydrogen-bond donors (Lipinski definition) is 3. The van der Waals surface area contributed by atoms with E-state index >= 15 is 0 Å². The highest BCUT2D eigenvalue weighted by Crippen LogP contribution is 2.19. The van der Waals surface area contributed by atoms with Gasteiger partial charge in [-0.15, -0.1) is 0 Å². The minimum absolute atomic E-state index is 0.0306. The number of benzene rings is 1. The van der Waals surface area contributed by atoms with Crippen LogP contribution in [0.15, 0.2) is 18.2 Å². The molecule has 6 heteroatoms. The molecule has 5 nitrogen and oxygen atoms in total. The maximum Gasteiger partial charge on any atom is 0.225 e. The summed E-state index contributed by atoms with van der Waals surface area (Å²) in [5.74, 6) is -1.20. The summed E-state index contributed by atoms with van der Waals surface area (Å²) in [6.45, 7) is 1.52. The fourth-order valence-electron chi connectivity index (χ4n) is 1.24. The van der Waals surface area contributed by atoms with Gasteiger partial charge in [0, 0.05) is 25.6 Å². The van der Waals surface area contributed by atoms with Crippen molar-refractivity contribution in [2.45, 2.75) is 13.3 Å². The Morgan fingerprint density at radius 3 is 2.65 bits per heavy atom. The Morgan fingerprint density at radius 2 is 2.06 bits per heavy atom. The van der Waals surface area contributed by atoms with Crippen LogP contribution >= 0.6 is 0 Å². The summed E-state index contributed by atoms with van der Waals surface area (Å²) in [5, 5.41) is 4.88. The van der Waals surface area contributed by atoms with Crippen LogP contribution in [0.25, 0.3) is 0 Å². The van der Waals surface area contributed by atoms with Gasteiger partial charge in [-0.1, -0.05) is 0 Å². The van der Waals surface area contributed by atoms with Gasteiger partial charge < -0.3 is 16.4 Å². The second kappa shape index (κ2) is 5.95. The van der Waals surface area contributed by atoms with Crippen LogP contribution in [0, 0.1) is 5.82 Å². The molecule has 1 rings (SSSR count). The summed E-state index contributed by atoms with van der Waals surface area (Å²) in [5.41, 5.74) is 5.67. The van der Waals surface area contributed by atoms with Gasteiger partial charge in [0.1, 0.15) is 5.82 Å². The molecule has 0 unspecified atom stereocenters. The number of amides is 2. The van der Waals surface area contributed by atoms with Gasteiger partial charge >= 0.3 is 0 Å². The Kier molecular flexibility index (Phi) is 4.59. The normalized spacial score (nSPS) is 9.82. The van der Waals surface area contributed by atoms with E-state index in [0.717, 1.165) is 0 Å². The highest BCUT2D eigenvalue weighted by atomic mass is 19.1. The van der Waals surface area contributed by atoms with Crippen molar-refractivity contribution in [2.24, 2.45) is 5.73 Å². The largest absolute Gasteiger partial charge is 0.330 e. The van der Waals surface area contributed by atoms with Gasteiger partial charge in [0.25, 0.3) is 0 Å². The quantitative estimate of drug-likeness (QED) is 0.734. The van der Waals surface area contributed by atoms with E-state index in [1.165, 1.54) is 25.1 Å². The predicted octanol–water partition coefficient (Wildman–Crippen LogP) is 1.07. The van der Waals surface area contributed by atoms with Crippen molar-refractivity contribution in [3.63, 3.8) is 0 Å². The maximum atomic E-state index is 13.3. The molecule has 0 aliphatic carbocycles. The van der Waals surface area contributed by atoms with Crippen molar-refractivity contribution >= 4 is 23.2 Å². The molecule has 1 aromatic rings. The van der Waals surface area contributed by atoms with E-state index in [4.69, 9.17) is 5.73 Å². The van der Waals surface area contributed by atoms with Crippen LogP contribution in [0.5, 0.6) is 0 Å². The third-order valence-corrected chi connectivity index (χ3v) is 1.93. The number of nitrogens with two attached hydrogens (primary N) is 1. The zero-order valence-corrected chi connectivity index (χ0v) is 9.42. The minimum atomic E-state index is -0.558. The zero-order valence-electron chi connectivity index (χ0n) is 9.42. The van der Waals surface area contributed by atoms with E-state index in [2.05, 4.69) is 10.6 Å². The number of anilines is 2. The Balaban J connectivity index is 2.81. The molecule has 0 radical (unpaired) electrons. The first-order chi connectivity index (χ1) is 8.02. The molecule has 0 fully saturated rings. The van der Waals surface area contributed by atoms with Crippen molar-refractivity contribution in [1.82, 2.24) is 0 Å². The van der Waals surface area contributed by atoms with Crippen molar-refractivity contribution < 1.29 is 14.0 Å². The molecule has 0 saturated carbocycles. The Morgan fingerprint density at radius 1 is 1.35 bits per heavy atom. The number of carbonyl (C=O) groups is 2. The van der Waals surface area contributed by atoms with Crippen LogP contribution in [0.4, 0.5) is 15.8 Å². The molecular weight excluding hydrogens is 225 g/mol. The lowest BCUT2D eigenvalue weighted by Crippen LogP contribution is -2.16. The van der Waals surface area contributed by atoms with Gasteiger partial charge in [0.05, 0.1) is 5.69 Å². The molecule has 2 amide bonds. The van der Waals surface area contributed by atoms with Gasteiger partial charge in [-0.25, -0.2) is 4.39 Å². The van der Waals surface area contributed by atoms with Gasteiger partial charge in [0.15, 0.2) is 0 Å². The third kappa shape index (κ3) is 4.20. The average Bonchev–Trinajstić information content (AvgIpc) is 2.22. The first kappa shape index (κ1) is 13.1. The summed E-state index contributed by atoms with van der Waals surface area (Å²) < 4.78 is 13.3. The van der Waals surface area contributed by atoms with Crippen LogP contribution in [0.3, 0.4) is 0 Å². The average molecular weight is 239 g/mol. The minimum Gasteiger partial charge on any atom is -0.330 e. The molecular formula is C11H14FN3O2. The third-order valence-electron chi connectivity index (χ3n) is 1.93. The monoisotopic (exact) mass is 239 g/mol. The van der Waals surface area contributed by atoms with Gasteiger partial charge in [-0.3, -0.25) is 9.59 Å². The van der Waals surface area contributed by atoms with E-state index in [0.29, 0.717) is 5.69 Å². The summed E-state index contributed by atoms with van der Waals surface area (Å²) in [4.78, 5) is 22.1. The van der Waals surface area contributed by atoms with Crippen LogP contribution < -0.4 is 16.4 Å². The summed E-state index contributed by atoms with van der Waals surface area (Å²) in [6, 6.07) is 3.93. The molecule has 4 N–H and O–H groups in total. The number of nitrogens with one attached hydrogen (secondary N) is 2. The molecule has 0 heterocycles. The SMILES string of the molecule is CC(=O)Nc1cc(NC(=O)CCN)ccc1F. The summed E-state index contributed by atoms with van der Waals surface area (Å²) in [6.07, 6.45) is 0.187. The molecule has 0 aromatic heterocycles. The van der Waals surface area contributed by atoms with E-state index in [-0.39, 0.29) is 30.5 Å². The molecule has 0 saturated heterocycles. The molecule has 0 aliphatic rings. The fourth-order valence-corrected chi connectivity index (χ4v) is 1.24. The molecule has 0 bridgehead atoms. The Labute approximate surface area is 98.2 Å². The first-order valence-electron chi connectivity index (χ1n) is 5.10. The maximum absolute atomic E-state index is 13.3. The molecule has 0 aliphatic heterocycles. The van der Waals surface area contributed by atoms with Gasteiger partial charge in [-0.05, 0) is 18.2 Å². The molecule has 17 heavy (non-hydrogen) atoms. The topological polar surface area (TPSA) is 84.2 Å². The fraction of sp³-hybridized carbons (Fsp3) is 0.273. The summed E-state index contributed by atoms with van der Waals surface area (Å²) >= 11 is 0. The van der Waals surface area contributed by atoms with Crippen molar-refractivity contribution in [2.75, 3.05) is 17.2 Å². The second-order valence-corrected chi connectivity index (χ2v) is 3.46. The number of hydrogen-bond acceptors (Lipinski definition) is 3. The number of halogens is 1. The molecule has 0 atom stereocenters. The van der Waals surface area contributed by atoms with Gasteiger partial charge in [0.2, 0.25) is 11.8 Å². The lowest BCUT2D eigenvalue weighted by molar-refractivity contribution is -0.116. The van der Waals surface area contributed by atoms with Crippen molar-refractivity contribution in [3.05, 3.63) is 24.0 Å². The van der Waals surface area contributed by atoms with Crippen LogP contribution in [-0.2, 0) is 9.59 Å². The highest BCUT2D eigenvalue weighted by Gasteiger charge is 2.07. The van der Waals surface area contributed by atoms with Crippen LogP contribution in [0.2, 0.25) is 0 Å². The lowest BCUT2D eigenvalue weighted by Gasteiger charge is -2.08. The van der Waals surface area contributed by atoms with Crippen LogP contribution in [0.1, 0.15) is 13.3 Å². The molecule has 1 aromatic carbocycles. The number of carbonyl (C=O) groups excluding carboxylic acids is 2. The van der Waals surface area contributed by atoms with Crippen molar-refractivity contribution in [3.8, 4) is 0 Å². The van der Waals surface area contributed by atoms with Crippen LogP contribution in [-0.4, -0.2) is 18.4 Å². The lowest BCUT2D eigenvalue weighted by atomic mass is 10.2. The van der Waals surface area contributed by atoms with E-state index in [9.17, 15) is 14.0 Å². The predicted molar refractivity (Wildman–Crippen MR) is 63.0 cm³/mol. The van der Waals surface area contributed by atoms with E-state index < -0.39 is 5.82 Å². The zero-order chi connectivity index (χ0) is 12.8. The van der Waals surface area contributed by atoms with Gasteiger partial charge in [-0.2, -0.15) is 0 Å². The van der Waals surface area contributed by atoms with E-state index in [1.807, 2.05) is 0 Å². The Hall–Kier alpha value is -1.95. The van der Waals surface area contributed by atoms with E-state index in [1.54, 1.807) is 0 Å². The highest BCUT2D eigenvalue weighted by molar-refractivity contribution is 5.93. The smallest absolute Gasteiger partial charge is 0.225 e. The number of rotatable bonds is 4. The molecule has 0 spiro atoms. The summed E-state index contributed by atoms with van der Waals surface area (Å²) in [7, 11) is 0.